The summed E-state index contributed by atoms with van der Waals surface area (Å²) in [5, 5.41) is 8.59. The maximum absolute atomic E-state index is 10.4. The van der Waals surface area contributed by atoms with Crippen molar-refractivity contribution in [3.05, 3.63) is 21.9 Å². The van der Waals surface area contributed by atoms with Gasteiger partial charge in [-0.1, -0.05) is 20.8 Å². The number of carboxylic acid groups (broad SMARTS) is 1. The lowest BCUT2D eigenvalue weighted by Crippen LogP contribution is -2.12. The Hall–Kier alpha value is -0.830. The summed E-state index contributed by atoms with van der Waals surface area (Å²) in [4.78, 5) is 13.0. The van der Waals surface area contributed by atoms with E-state index in [1.54, 1.807) is 11.3 Å². The monoisotopic (exact) mass is 226 g/mol. The maximum Gasteiger partial charge on any atom is 0.303 e. The van der Waals surface area contributed by atoms with Crippen LogP contribution in [0.4, 0.5) is 0 Å². The summed E-state index contributed by atoms with van der Waals surface area (Å²) >= 11 is 1.74. The quantitative estimate of drug-likeness (QED) is 0.835. The fraction of sp³-hybridized carbons (Fsp3) is 0.583. The average molecular weight is 226 g/mol. The Labute approximate surface area is 94.9 Å². The highest BCUT2D eigenvalue weighted by atomic mass is 32.1. The Morgan fingerprint density at radius 3 is 2.67 bits per heavy atom. The van der Waals surface area contributed by atoms with E-state index in [0.717, 1.165) is 6.42 Å². The van der Waals surface area contributed by atoms with Gasteiger partial charge in [0.1, 0.15) is 0 Å². The van der Waals surface area contributed by atoms with Gasteiger partial charge in [-0.05, 0) is 30.4 Å². The Bertz CT molecular complexity index is 339. The number of aliphatic carboxylic acids is 1. The molecule has 0 saturated carbocycles. The van der Waals surface area contributed by atoms with Crippen molar-refractivity contribution >= 4 is 17.3 Å². The molecule has 0 saturated heterocycles. The molecule has 0 bridgehead atoms. The van der Waals surface area contributed by atoms with Crippen LogP contribution < -0.4 is 0 Å². The summed E-state index contributed by atoms with van der Waals surface area (Å²) in [7, 11) is 0. The lowest BCUT2D eigenvalue weighted by atomic mass is 9.89. The van der Waals surface area contributed by atoms with Crippen LogP contribution in [0.3, 0.4) is 0 Å². The van der Waals surface area contributed by atoms with Gasteiger partial charge in [0.15, 0.2) is 0 Å². The van der Waals surface area contributed by atoms with Gasteiger partial charge in [-0.3, -0.25) is 4.79 Å². The van der Waals surface area contributed by atoms with Gasteiger partial charge >= 0.3 is 5.97 Å². The Morgan fingerprint density at radius 1 is 1.47 bits per heavy atom. The van der Waals surface area contributed by atoms with Crippen molar-refractivity contribution in [3.63, 3.8) is 0 Å². The molecule has 15 heavy (non-hydrogen) atoms. The van der Waals surface area contributed by atoms with Gasteiger partial charge in [0.05, 0.1) is 6.42 Å². The van der Waals surface area contributed by atoms with Crippen LogP contribution in [-0.4, -0.2) is 11.1 Å². The molecule has 1 rings (SSSR count). The van der Waals surface area contributed by atoms with Gasteiger partial charge in [0.25, 0.3) is 0 Å². The molecule has 1 N–H and O–H groups in total. The second kappa shape index (κ2) is 4.79. The highest BCUT2D eigenvalue weighted by molar-refractivity contribution is 7.12. The molecular weight excluding hydrogens is 208 g/mol. The minimum atomic E-state index is -0.722. The zero-order chi connectivity index (χ0) is 11.5. The summed E-state index contributed by atoms with van der Waals surface area (Å²) in [6.07, 6.45) is 1.98. The molecule has 1 heterocycles. The number of thiophene rings is 1. The third kappa shape index (κ3) is 3.34. The number of carboxylic acids is 1. The second-order valence-electron chi connectivity index (χ2n) is 4.40. The predicted octanol–water partition coefficient (Wildman–Crippen LogP) is 3.45. The van der Waals surface area contributed by atoms with Crippen molar-refractivity contribution in [2.75, 3.05) is 0 Å². The minimum absolute atomic E-state index is 0.214. The van der Waals surface area contributed by atoms with E-state index in [0.29, 0.717) is 6.42 Å². The molecule has 0 spiro atoms. The Morgan fingerprint density at radius 2 is 2.13 bits per heavy atom. The van der Waals surface area contributed by atoms with Crippen molar-refractivity contribution in [2.24, 2.45) is 0 Å². The first-order chi connectivity index (χ1) is 6.95. The summed E-state index contributed by atoms with van der Waals surface area (Å²) in [5.74, 6) is -0.722. The summed E-state index contributed by atoms with van der Waals surface area (Å²) in [6, 6.07) is 4.19. The van der Waals surface area contributed by atoms with E-state index in [4.69, 9.17) is 5.11 Å². The van der Waals surface area contributed by atoms with Gasteiger partial charge in [0, 0.05) is 9.75 Å². The van der Waals surface area contributed by atoms with E-state index >= 15 is 0 Å². The van der Waals surface area contributed by atoms with E-state index in [9.17, 15) is 4.79 Å². The van der Waals surface area contributed by atoms with Crippen LogP contribution in [0.2, 0.25) is 0 Å². The molecule has 0 amide bonds. The SMILES string of the molecule is CCC(C)(C)c1ccc(CCC(=O)O)s1. The molecule has 0 aromatic carbocycles. The maximum atomic E-state index is 10.4. The molecule has 84 valence electrons. The van der Waals surface area contributed by atoms with Gasteiger partial charge < -0.3 is 5.11 Å². The van der Waals surface area contributed by atoms with Crippen LogP contribution in [0.25, 0.3) is 0 Å². The van der Waals surface area contributed by atoms with Crippen LogP contribution in [-0.2, 0) is 16.6 Å². The van der Waals surface area contributed by atoms with Crippen LogP contribution in [0, 0.1) is 0 Å². The van der Waals surface area contributed by atoms with Crippen LogP contribution in [0.15, 0.2) is 12.1 Å². The van der Waals surface area contributed by atoms with Crippen molar-refractivity contribution in [1.29, 1.82) is 0 Å². The Balaban J connectivity index is 2.68. The van der Waals surface area contributed by atoms with Crippen molar-refractivity contribution < 1.29 is 9.90 Å². The summed E-state index contributed by atoms with van der Waals surface area (Å²) in [5.41, 5.74) is 0.214. The first kappa shape index (κ1) is 12.2. The van der Waals surface area contributed by atoms with Crippen LogP contribution in [0.5, 0.6) is 0 Å². The molecule has 0 unspecified atom stereocenters. The number of rotatable bonds is 5. The highest BCUT2D eigenvalue weighted by Gasteiger charge is 2.19. The third-order valence-corrected chi connectivity index (χ3v) is 4.31. The number of hydrogen-bond acceptors (Lipinski definition) is 2. The smallest absolute Gasteiger partial charge is 0.303 e. The zero-order valence-corrected chi connectivity index (χ0v) is 10.4. The van der Waals surface area contributed by atoms with Crippen LogP contribution >= 0.6 is 11.3 Å². The van der Waals surface area contributed by atoms with E-state index in [1.165, 1.54) is 9.75 Å². The van der Waals surface area contributed by atoms with Crippen molar-refractivity contribution in [1.82, 2.24) is 0 Å². The number of aryl methyl sites for hydroxylation is 1. The molecule has 2 nitrogen and oxygen atoms in total. The van der Waals surface area contributed by atoms with E-state index in [-0.39, 0.29) is 11.8 Å². The molecule has 0 fully saturated rings. The largest absolute Gasteiger partial charge is 0.481 e. The van der Waals surface area contributed by atoms with E-state index in [2.05, 4.69) is 32.9 Å². The van der Waals surface area contributed by atoms with Crippen molar-refractivity contribution in [2.45, 2.75) is 45.4 Å². The van der Waals surface area contributed by atoms with Gasteiger partial charge in [-0.2, -0.15) is 0 Å². The average Bonchev–Trinajstić information content (AvgIpc) is 2.63. The first-order valence-corrected chi connectivity index (χ1v) is 6.08. The normalized spacial score (nSPS) is 11.7. The summed E-state index contributed by atoms with van der Waals surface area (Å²) in [6.45, 7) is 6.62. The van der Waals surface area contributed by atoms with Crippen LogP contribution in [0.1, 0.15) is 43.4 Å². The molecule has 3 heteroatoms. The molecule has 1 aromatic rings. The van der Waals surface area contributed by atoms with Crippen molar-refractivity contribution in [3.8, 4) is 0 Å². The molecule has 0 aliphatic carbocycles. The standard InChI is InChI=1S/C12H18O2S/c1-4-12(2,3)10-7-5-9(15-10)6-8-11(13)14/h5,7H,4,6,8H2,1-3H3,(H,13,14). The first-order valence-electron chi connectivity index (χ1n) is 5.26. The molecule has 0 aliphatic heterocycles. The van der Waals surface area contributed by atoms with Gasteiger partial charge in [0.2, 0.25) is 0 Å². The Kier molecular flexibility index (Phi) is 3.91. The zero-order valence-electron chi connectivity index (χ0n) is 9.54. The van der Waals surface area contributed by atoms with E-state index < -0.39 is 5.97 Å². The second-order valence-corrected chi connectivity index (χ2v) is 5.57. The topological polar surface area (TPSA) is 37.3 Å². The molecule has 0 radical (unpaired) electrons. The number of hydrogen-bond donors (Lipinski definition) is 1. The number of carbonyl (C=O) groups is 1. The predicted molar refractivity (Wildman–Crippen MR) is 63.6 cm³/mol. The fourth-order valence-corrected chi connectivity index (χ4v) is 2.46. The lowest BCUT2D eigenvalue weighted by Gasteiger charge is -2.20. The van der Waals surface area contributed by atoms with Gasteiger partial charge in [-0.15, -0.1) is 11.3 Å². The third-order valence-electron chi connectivity index (χ3n) is 2.80. The molecular formula is C12H18O2S. The van der Waals surface area contributed by atoms with E-state index in [1.807, 2.05) is 0 Å². The fourth-order valence-electron chi connectivity index (χ4n) is 1.28. The minimum Gasteiger partial charge on any atom is -0.481 e. The molecule has 1 aromatic heterocycles. The molecule has 0 aliphatic rings. The summed E-state index contributed by atoms with van der Waals surface area (Å²) < 4.78 is 0. The molecule has 0 atom stereocenters. The van der Waals surface area contributed by atoms with Gasteiger partial charge in [-0.25, -0.2) is 0 Å². The lowest BCUT2D eigenvalue weighted by molar-refractivity contribution is -0.136. The highest BCUT2D eigenvalue weighted by Crippen LogP contribution is 2.32.